The lowest BCUT2D eigenvalue weighted by atomic mass is 10.2. The maximum atomic E-state index is 12.3. The molecule has 1 rings (SSSR count). The summed E-state index contributed by atoms with van der Waals surface area (Å²) in [5.74, 6) is -2.10. The molecule has 0 fully saturated rings. The van der Waals surface area contributed by atoms with Gasteiger partial charge in [-0.25, -0.2) is 13.2 Å². The number of sulfonamides is 1. The molecule has 0 aliphatic rings. The molecule has 154 valence electrons. The van der Waals surface area contributed by atoms with Gasteiger partial charge in [-0.1, -0.05) is 0 Å². The number of benzene rings is 1. The number of esters is 1. The molecule has 0 heterocycles. The highest BCUT2D eigenvalue weighted by Crippen LogP contribution is 2.29. The maximum Gasteiger partial charge on any atom is 0.321 e. The van der Waals surface area contributed by atoms with Crippen LogP contribution in [0.1, 0.15) is 6.92 Å². The van der Waals surface area contributed by atoms with Crippen molar-refractivity contribution in [2.75, 3.05) is 25.5 Å². The quantitative estimate of drug-likeness (QED) is 0.272. The van der Waals surface area contributed by atoms with E-state index in [1.54, 1.807) is 19.4 Å². The molecule has 0 saturated carbocycles. The number of imide groups is 1. The Morgan fingerprint density at radius 1 is 1.32 bits per heavy atom. The van der Waals surface area contributed by atoms with Gasteiger partial charge in [0.15, 0.2) is 6.10 Å². The molecule has 1 aromatic rings. The molecule has 0 aliphatic heterocycles. The van der Waals surface area contributed by atoms with Crippen LogP contribution in [0.4, 0.5) is 16.2 Å². The lowest BCUT2D eigenvalue weighted by molar-refractivity contribution is -0.384. The second-order valence-electron chi connectivity index (χ2n) is 5.61. The molecular formula is C14H19N5O8S. The average Bonchev–Trinajstić information content (AvgIpc) is 2.58. The van der Waals surface area contributed by atoms with Crippen molar-refractivity contribution in [3.05, 3.63) is 28.3 Å². The molecule has 4 N–H and O–H groups in total. The number of urea groups is 1. The van der Waals surface area contributed by atoms with Crippen molar-refractivity contribution in [1.82, 2.24) is 10.0 Å². The van der Waals surface area contributed by atoms with Crippen LogP contribution >= 0.6 is 0 Å². The van der Waals surface area contributed by atoms with Crippen molar-refractivity contribution in [3.8, 4) is 0 Å². The van der Waals surface area contributed by atoms with Crippen LogP contribution in [0.3, 0.4) is 0 Å². The number of nitro groups is 1. The number of rotatable bonds is 8. The number of nitro benzene ring substituents is 1. The van der Waals surface area contributed by atoms with E-state index < -0.39 is 56.1 Å². The molecule has 0 radical (unpaired) electrons. The number of ether oxygens (including phenoxy) is 1. The first-order chi connectivity index (χ1) is 12.8. The molecule has 28 heavy (non-hydrogen) atoms. The van der Waals surface area contributed by atoms with Crippen molar-refractivity contribution in [2.24, 2.45) is 5.73 Å². The van der Waals surface area contributed by atoms with Gasteiger partial charge >= 0.3 is 12.0 Å². The zero-order valence-corrected chi connectivity index (χ0v) is 16.0. The number of nitrogens with one attached hydrogen (secondary N) is 2. The molecule has 14 heteroatoms. The van der Waals surface area contributed by atoms with Gasteiger partial charge in [0.1, 0.15) is 12.2 Å². The van der Waals surface area contributed by atoms with Gasteiger partial charge in [0.05, 0.1) is 9.82 Å². The van der Waals surface area contributed by atoms with Gasteiger partial charge in [0.25, 0.3) is 11.6 Å². The smallest absolute Gasteiger partial charge is 0.321 e. The average molecular weight is 417 g/mol. The third kappa shape index (κ3) is 6.17. The fourth-order valence-electron chi connectivity index (χ4n) is 1.95. The van der Waals surface area contributed by atoms with E-state index in [9.17, 15) is 32.9 Å². The van der Waals surface area contributed by atoms with Gasteiger partial charge in [-0.05, 0) is 19.1 Å². The Bertz CT molecular complexity index is 899. The topological polar surface area (TPSA) is 191 Å². The van der Waals surface area contributed by atoms with E-state index in [0.29, 0.717) is 0 Å². The monoisotopic (exact) mass is 417 g/mol. The van der Waals surface area contributed by atoms with E-state index in [2.05, 4.69) is 4.74 Å². The molecule has 3 amide bonds. The summed E-state index contributed by atoms with van der Waals surface area (Å²) in [5.41, 5.74) is 4.51. The van der Waals surface area contributed by atoms with Crippen molar-refractivity contribution in [1.29, 1.82) is 0 Å². The highest BCUT2D eigenvalue weighted by Gasteiger charge is 2.24. The fraction of sp³-hybridized carbons (Fsp3) is 0.357. The first kappa shape index (κ1) is 22.8. The van der Waals surface area contributed by atoms with Gasteiger partial charge in [-0.3, -0.25) is 25.0 Å². The van der Waals surface area contributed by atoms with Crippen molar-refractivity contribution >= 4 is 39.3 Å². The van der Waals surface area contributed by atoms with Crippen molar-refractivity contribution < 1.29 is 32.5 Å². The lowest BCUT2D eigenvalue weighted by Crippen LogP contribution is -2.43. The van der Waals surface area contributed by atoms with Crippen LogP contribution in [-0.2, 0) is 24.3 Å². The Balaban J connectivity index is 2.85. The molecule has 1 aromatic carbocycles. The number of hydrogen-bond donors (Lipinski definition) is 3. The van der Waals surface area contributed by atoms with Gasteiger partial charge in [0, 0.05) is 20.2 Å². The molecule has 13 nitrogen and oxygen atoms in total. The molecule has 1 unspecified atom stereocenters. The first-order valence-corrected chi connectivity index (χ1v) is 9.08. The predicted molar refractivity (Wildman–Crippen MR) is 95.9 cm³/mol. The highest BCUT2D eigenvalue weighted by atomic mass is 32.2. The standard InChI is InChI=1S/C14H19N5O8S/c1-8(13(21)17-14(15)22)27-12(20)7-16-28(25,26)9-4-5-10(18(2)3)11(6-9)19(23)24/h4-6,8,16H,7H2,1-3H3,(H3,15,17,21,22). The summed E-state index contributed by atoms with van der Waals surface area (Å²) in [7, 11) is -1.17. The number of nitrogens with zero attached hydrogens (tertiary/aromatic N) is 2. The summed E-state index contributed by atoms with van der Waals surface area (Å²) < 4.78 is 31.1. The minimum atomic E-state index is -4.28. The van der Waals surface area contributed by atoms with E-state index in [0.717, 1.165) is 19.1 Å². The second kappa shape index (κ2) is 9.09. The van der Waals surface area contributed by atoms with Crippen LogP contribution in [0.2, 0.25) is 0 Å². The zero-order chi connectivity index (χ0) is 21.6. The third-order valence-electron chi connectivity index (χ3n) is 3.27. The predicted octanol–water partition coefficient (Wildman–Crippen LogP) is -0.934. The van der Waals surface area contributed by atoms with Crippen LogP contribution in [0.5, 0.6) is 0 Å². The summed E-state index contributed by atoms with van der Waals surface area (Å²) in [6.45, 7) is 0.299. The largest absolute Gasteiger partial charge is 0.452 e. The Morgan fingerprint density at radius 2 is 1.93 bits per heavy atom. The van der Waals surface area contributed by atoms with Crippen LogP contribution in [0.15, 0.2) is 23.1 Å². The Labute approximate surface area is 160 Å². The van der Waals surface area contributed by atoms with E-state index in [1.165, 1.54) is 11.0 Å². The Hall–Kier alpha value is -3.26. The number of carbonyl (C=O) groups excluding carboxylic acids is 3. The van der Waals surface area contributed by atoms with E-state index in [1.807, 2.05) is 4.72 Å². The number of anilines is 1. The molecule has 0 aromatic heterocycles. The van der Waals surface area contributed by atoms with E-state index in [4.69, 9.17) is 5.73 Å². The van der Waals surface area contributed by atoms with Crippen LogP contribution in [-0.4, -0.2) is 58.0 Å². The van der Waals surface area contributed by atoms with Gasteiger partial charge in [0.2, 0.25) is 10.0 Å². The van der Waals surface area contributed by atoms with Gasteiger partial charge in [-0.15, -0.1) is 0 Å². The number of amides is 3. The number of hydrogen-bond acceptors (Lipinski definition) is 9. The minimum absolute atomic E-state index is 0.192. The van der Waals surface area contributed by atoms with Crippen LogP contribution in [0, 0.1) is 10.1 Å². The molecule has 1 atom stereocenters. The van der Waals surface area contributed by atoms with Crippen molar-refractivity contribution in [2.45, 2.75) is 17.9 Å². The Morgan fingerprint density at radius 3 is 2.43 bits per heavy atom. The van der Waals surface area contributed by atoms with Gasteiger partial charge < -0.3 is 15.4 Å². The first-order valence-electron chi connectivity index (χ1n) is 7.60. The van der Waals surface area contributed by atoms with E-state index >= 15 is 0 Å². The summed E-state index contributed by atoms with van der Waals surface area (Å²) >= 11 is 0. The number of primary amides is 1. The minimum Gasteiger partial charge on any atom is -0.452 e. The molecular weight excluding hydrogens is 398 g/mol. The van der Waals surface area contributed by atoms with Crippen molar-refractivity contribution in [3.63, 3.8) is 0 Å². The summed E-state index contributed by atoms with van der Waals surface area (Å²) in [6, 6.07) is 2.10. The molecule has 0 bridgehead atoms. The van der Waals surface area contributed by atoms with Crippen LogP contribution in [0.25, 0.3) is 0 Å². The molecule has 0 aliphatic carbocycles. The fourth-order valence-corrected chi connectivity index (χ4v) is 2.94. The second-order valence-corrected chi connectivity index (χ2v) is 7.38. The summed E-state index contributed by atoms with van der Waals surface area (Å²) in [5, 5.41) is 12.8. The summed E-state index contributed by atoms with van der Waals surface area (Å²) in [4.78, 5) is 45.1. The Kier molecular flexibility index (Phi) is 7.40. The zero-order valence-electron chi connectivity index (χ0n) is 15.2. The van der Waals surface area contributed by atoms with Gasteiger partial charge in [-0.2, -0.15) is 4.72 Å². The molecule has 0 spiro atoms. The highest BCUT2D eigenvalue weighted by molar-refractivity contribution is 7.89. The van der Waals surface area contributed by atoms with E-state index in [-0.39, 0.29) is 5.69 Å². The van der Waals surface area contributed by atoms with Crippen LogP contribution < -0.4 is 20.7 Å². The SMILES string of the molecule is CC(OC(=O)CNS(=O)(=O)c1ccc(N(C)C)c([N+](=O)[O-])c1)C(=O)NC(N)=O. The third-order valence-corrected chi connectivity index (χ3v) is 4.66. The lowest BCUT2D eigenvalue weighted by Gasteiger charge is -2.14. The molecule has 0 saturated heterocycles. The normalized spacial score (nSPS) is 12.0. The summed E-state index contributed by atoms with van der Waals surface area (Å²) in [6.07, 6.45) is -1.40. The maximum absolute atomic E-state index is 12.3. The number of nitrogens with two attached hydrogens (primary N) is 1. The number of carbonyl (C=O) groups is 3.